The fourth-order valence-corrected chi connectivity index (χ4v) is 2.62. The van der Waals surface area contributed by atoms with Crippen LogP contribution in [0.5, 0.6) is 0 Å². The van der Waals surface area contributed by atoms with Crippen molar-refractivity contribution < 1.29 is 22.8 Å². The van der Waals surface area contributed by atoms with Gasteiger partial charge in [0, 0.05) is 12.5 Å². The van der Waals surface area contributed by atoms with E-state index in [4.69, 9.17) is 0 Å². The summed E-state index contributed by atoms with van der Waals surface area (Å²) in [5.74, 6) is 4.65. The zero-order valence-corrected chi connectivity index (χ0v) is 16.1. The second-order valence-corrected chi connectivity index (χ2v) is 6.52. The summed E-state index contributed by atoms with van der Waals surface area (Å²) in [5.41, 5.74) is 1.30. The molecule has 2 N–H and O–H groups in total. The predicted molar refractivity (Wildman–Crippen MR) is 104 cm³/mol. The molecule has 0 fully saturated rings. The van der Waals surface area contributed by atoms with Crippen molar-refractivity contribution in [2.24, 2.45) is 0 Å². The van der Waals surface area contributed by atoms with Gasteiger partial charge in [-0.25, -0.2) is 0 Å². The molecule has 0 aliphatic rings. The van der Waals surface area contributed by atoms with Crippen LogP contribution in [-0.2, 0) is 15.8 Å². The van der Waals surface area contributed by atoms with Gasteiger partial charge in [0.1, 0.15) is 0 Å². The first kappa shape index (κ1) is 22.0. The zero-order chi connectivity index (χ0) is 21.4. The monoisotopic (exact) mass is 402 g/mol. The Kier molecular flexibility index (Phi) is 7.43. The molecule has 29 heavy (non-hydrogen) atoms. The quantitative estimate of drug-likeness (QED) is 0.749. The molecule has 0 radical (unpaired) electrons. The molecule has 0 aromatic heterocycles. The molecule has 2 amide bonds. The normalized spacial score (nSPS) is 11.8. The van der Waals surface area contributed by atoms with E-state index in [1.807, 2.05) is 31.2 Å². The molecule has 2 aromatic rings. The Morgan fingerprint density at radius 2 is 1.79 bits per heavy atom. The van der Waals surface area contributed by atoms with Gasteiger partial charge >= 0.3 is 6.18 Å². The van der Waals surface area contributed by atoms with Gasteiger partial charge in [0.2, 0.25) is 11.8 Å². The average Bonchev–Trinajstić information content (AvgIpc) is 2.64. The number of aryl methyl sites for hydroxylation is 1. The van der Waals surface area contributed by atoms with Gasteiger partial charge in [-0.05, 0) is 30.7 Å². The minimum Gasteiger partial charge on any atom is -0.349 e. The maximum absolute atomic E-state index is 12.7. The molecule has 7 heteroatoms. The van der Waals surface area contributed by atoms with Crippen molar-refractivity contribution in [2.75, 3.05) is 6.54 Å². The van der Waals surface area contributed by atoms with Crippen LogP contribution in [0.25, 0.3) is 0 Å². The van der Waals surface area contributed by atoms with E-state index in [0.29, 0.717) is 0 Å². The van der Waals surface area contributed by atoms with E-state index in [2.05, 4.69) is 22.5 Å². The number of hydrogen-bond acceptors (Lipinski definition) is 2. The molecule has 0 spiro atoms. The van der Waals surface area contributed by atoms with Crippen molar-refractivity contribution in [3.05, 3.63) is 70.8 Å². The second kappa shape index (κ2) is 9.78. The summed E-state index contributed by atoms with van der Waals surface area (Å²) in [7, 11) is 0. The third-order valence-corrected chi connectivity index (χ3v) is 4.04. The van der Waals surface area contributed by atoms with Gasteiger partial charge in [0.15, 0.2) is 0 Å². The summed E-state index contributed by atoms with van der Waals surface area (Å²) in [5, 5.41) is 5.34. The number of nitrogens with one attached hydrogen (secondary N) is 2. The number of halogens is 3. The number of amides is 2. The van der Waals surface area contributed by atoms with Crippen LogP contribution in [0.1, 0.15) is 41.6 Å². The second-order valence-electron chi connectivity index (χ2n) is 6.52. The molecule has 2 aromatic carbocycles. The fraction of sp³-hybridized carbons (Fsp3) is 0.273. The molecule has 152 valence electrons. The zero-order valence-electron chi connectivity index (χ0n) is 16.1. The fourth-order valence-electron chi connectivity index (χ4n) is 2.62. The lowest BCUT2D eigenvalue weighted by Gasteiger charge is -2.18. The van der Waals surface area contributed by atoms with Gasteiger partial charge in [-0.1, -0.05) is 47.7 Å². The smallest absolute Gasteiger partial charge is 0.349 e. The van der Waals surface area contributed by atoms with Crippen molar-refractivity contribution in [3.8, 4) is 11.8 Å². The maximum atomic E-state index is 12.7. The Bertz CT molecular complexity index is 926. The summed E-state index contributed by atoms with van der Waals surface area (Å²) in [4.78, 5) is 23.6. The Morgan fingerprint density at radius 3 is 2.41 bits per heavy atom. The van der Waals surface area contributed by atoms with Crippen molar-refractivity contribution in [3.63, 3.8) is 0 Å². The molecule has 0 bridgehead atoms. The predicted octanol–water partition coefficient (Wildman–Crippen LogP) is 3.75. The molecule has 1 unspecified atom stereocenters. The van der Waals surface area contributed by atoms with E-state index in [9.17, 15) is 22.8 Å². The van der Waals surface area contributed by atoms with E-state index in [0.717, 1.165) is 23.3 Å². The first-order chi connectivity index (χ1) is 13.6. The van der Waals surface area contributed by atoms with Crippen molar-refractivity contribution in [2.45, 2.75) is 32.5 Å². The summed E-state index contributed by atoms with van der Waals surface area (Å²) < 4.78 is 38.1. The summed E-state index contributed by atoms with van der Waals surface area (Å²) >= 11 is 0. The molecule has 0 aliphatic carbocycles. The molecule has 2 rings (SSSR count). The number of alkyl halides is 3. The standard InChI is InChI=1S/C22H21F3N2O2/c1-15-8-10-18(11-9-15)20(27-16(2)28)14-21(29)26-12-4-6-17-5-3-7-19(13-17)22(23,24)25/h3,5,7-11,13,20H,12,14H2,1-2H3,(H,26,29)(H,27,28). The van der Waals surface area contributed by atoms with E-state index in [1.54, 1.807) is 0 Å². The lowest BCUT2D eigenvalue weighted by atomic mass is 10.0. The minimum absolute atomic E-state index is 0.0181. The molecular formula is C22H21F3N2O2. The highest BCUT2D eigenvalue weighted by atomic mass is 19.4. The van der Waals surface area contributed by atoms with Gasteiger partial charge in [-0.15, -0.1) is 0 Å². The SMILES string of the molecule is CC(=O)NC(CC(=O)NCC#Cc1cccc(C(F)(F)F)c1)c1ccc(C)cc1. The number of rotatable bonds is 5. The molecular weight excluding hydrogens is 381 g/mol. The number of carbonyl (C=O) groups excluding carboxylic acids is 2. The average molecular weight is 402 g/mol. The van der Waals surface area contributed by atoms with Gasteiger partial charge < -0.3 is 10.6 Å². The number of benzene rings is 2. The summed E-state index contributed by atoms with van der Waals surface area (Å²) in [6.45, 7) is 3.29. The highest BCUT2D eigenvalue weighted by Gasteiger charge is 2.30. The molecule has 1 atom stereocenters. The lowest BCUT2D eigenvalue weighted by Crippen LogP contribution is -2.32. The van der Waals surface area contributed by atoms with E-state index < -0.39 is 17.8 Å². The third kappa shape index (κ3) is 7.34. The molecule has 4 nitrogen and oxygen atoms in total. The highest BCUT2D eigenvalue weighted by molar-refractivity contribution is 5.79. The Balaban J connectivity index is 1.95. The highest BCUT2D eigenvalue weighted by Crippen LogP contribution is 2.29. The number of carbonyl (C=O) groups is 2. The molecule has 0 saturated heterocycles. The van der Waals surface area contributed by atoms with Crippen LogP contribution in [0, 0.1) is 18.8 Å². The summed E-state index contributed by atoms with van der Waals surface area (Å²) in [6.07, 6.45) is -4.41. The van der Waals surface area contributed by atoms with E-state index in [1.165, 1.54) is 19.1 Å². The van der Waals surface area contributed by atoms with Crippen molar-refractivity contribution in [1.82, 2.24) is 10.6 Å². The lowest BCUT2D eigenvalue weighted by molar-refractivity contribution is -0.137. The van der Waals surface area contributed by atoms with Crippen LogP contribution in [0.15, 0.2) is 48.5 Å². The molecule has 0 heterocycles. The van der Waals surface area contributed by atoms with E-state index in [-0.39, 0.29) is 30.3 Å². The van der Waals surface area contributed by atoms with Crippen LogP contribution in [-0.4, -0.2) is 18.4 Å². The Morgan fingerprint density at radius 1 is 1.10 bits per heavy atom. The van der Waals surface area contributed by atoms with Gasteiger partial charge in [0.25, 0.3) is 0 Å². The van der Waals surface area contributed by atoms with Crippen LogP contribution < -0.4 is 10.6 Å². The third-order valence-electron chi connectivity index (χ3n) is 4.04. The number of hydrogen-bond donors (Lipinski definition) is 2. The minimum atomic E-state index is -4.43. The van der Waals surface area contributed by atoms with Gasteiger partial charge in [-0.2, -0.15) is 13.2 Å². The van der Waals surface area contributed by atoms with Crippen molar-refractivity contribution in [1.29, 1.82) is 0 Å². The summed E-state index contributed by atoms with van der Waals surface area (Å²) in [6, 6.07) is 11.7. The Labute approximate surface area is 167 Å². The van der Waals surface area contributed by atoms with Gasteiger partial charge in [0.05, 0.1) is 24.6 Å². The first-order valence-electron chi connectivity index (χ1n) is 8.91. The van der Waals surface area contributed by atoms with Crippen LogP contribution in [0.3, 0.4) is 0 Å². The van der Waals surface area contributed by atoms with Crippen LogP contribution >= 0.6 is 0 Å². The van der Waals surface area contributed by atoms with Crippen LogP contribution in [0.4, 0.5) is 13.2 Å². The topological polar surface area (TPSA) is 58.2 Å². The maximum Gasteiger partial charge on any atom is 0.416 e. The van der Waals surface area contributed by atoms with Crippen molar-refractivity contribution >= 4 is 11.8 Å². The van der Waals surface area contributed by atoms with Crippen LogP contribution in [0.2, 0.25) is 0 Å². The first-order valence-corrected chi connectivity index (χ1v) is 8.91. The van der Waals surface area contributed by atoms with E-state index >= 15 is 0 Å². The molecule has 0 saturated carbocycles. The van der Waals surface area contributed by atoms with Gasteiger partial charge in [-0.3, -0.25) is 9.59 Å². The molecule has 0 aliphatic heterocycles. The largest absolute Gasteiger partial charge is 0.416 e. The Hall–Kier alpha value is -3.27.